The normalized spacial score (nSPS) is 19.5. The van der Waals surface area contributed by atoms with Gasteiger partial charge in [0.05, 0.1) is 10.9 Å². The zero-order valence-corrected chi connectivity index (χ0v) is 15.2. The van der Waals surface area contributed by atoms with Gasteiger partial charge in [0.1, 0.15) is 0 Å². The maximum atomic E-state index is 12.7. The molecule has 0 saturated carbocycles. The van der Waals surface area contributed by atoms with Crippen LogP contribution in [-0.2, 0) is 14.8 Å². The summed E-state index contributed by atoms with van der Waals surface area (Å²) >= 11 is 0. The number of nitrogens with two attached hydrogens (primary N) is 1. The molecular weight excluding hydrogens is 326 g/mol. The summed E-state index contributed by atoms with van der Waals surface area (Å²) in [6.07, 6.45) is 1.46. The van der Waals surface area contributed by atoms with Gasteiger partial charge in [0.2, 0.25) is 15.9 Å². The number of hydrogen-bond acceptors (Lipinski definition) is 4. The van der Waals surface area contributed by atoms with E-state index in [2.05, 4.69) is 0 Å². The predicted octanol–water partition coefficient (Wildman–Crippen LogP) is 1.28. The van der Waals surface area contributed by atoms with E-state index in [1.165, 1.54) is 4.31 Å². The van der Waals surface area contributed by atoms with E-state index < -0.39 is 16.1 Å². The fourth-order valence-corrected chi connectivity index (χ4v) is 4.29. The molecule has 2 N–H and O–H groups in total. The van der Waals surface area contributed by atoms with Crippen LogP contribution in [-0.4, -0.2) is 55.8 Å². The Kier molecular flexibility index (Phi) is 6.37. The van der Waals surface area contributed by atoms with Gasteiger partial charge in [0.15, 0.2) is 0 Å². The second-order valence-corrected chi connectivity index (χ2v) is 8.25. The van der Waals surface area contributed by atoms with Gasteiger partial charge in [-0.05, 0) is 24.5 Å². The Morgan fingerprint density at radius 2 is 1.83 bits per heavy atom. The van der Waals surface area contributed by atoms with E-state index in [1.807, 2.05) is 13.8 Å². The molecule has 1 aliphatic heterocycles. The molecule has 1 amide bonds. The molecule has 24 heavy (non-hydrogen) atoms. The van der Waals surface area contributed by atoms with Crippen LogP contribution in [0.25, 0.3) is 0 Å². The lowest BCUT2D eigenvalue weighted by atomic mass is 9.99. The second kappa shape index (κ2) is 8.09. The van der Waals surface area contributed by atoms with Crippen molar-refractivity contribution < 1.29 is 13.2 Å². The number of sulfonamides is 1. The Bertz CT molecular complexity index is 648. The van der Waals surface area contributed by atoms with Gasteiger partial charge in [-0.3, -0.25) is 4.79 Å². The highest BCUT2D eigenvalue weighted by Crippen LogP contribution is 2.18. The molecule has 134 valence electrons. The maximum absolute atomic E-state index is 12.7. The molecular formula is C17H27N3O3S. The Morgan fingerprint density at radius 1 is 1.17 bits per heavy atom. The lowest BCUT2D eigenvalue weighted by Crippen LogP contribution is -2.48. The van der Waals surface area contributed by atoms with Crippen molar-refractivity contribution in [1.29, 1.82) is 0 Å². The Morgan fingerprint density at radius 3 is 2.46 bits per heavy atom. The van der Waals surface area contributed by atoms with E-state index >= 15 is 0 Å². The van der Waals surface area contributed by atoms with Crippen LogP contribution >= 0.6 is 0 Å². The molecule has 6 nitrogen and oxygen atoms in total. The molecule has 0 aromatic heterocycles. The lowest BCUT2D eigenvalue weighted by molar-refractivity contribution is -0.133. The number of nitrogens with zero attached hydrogens (tertiary/aromatic N) is 2. The summed E-state index contributed by atoms with van der Waals surface area (Å²) in [7, 11) is -3.51. The fraction of sp³-hybridized carbons (Fsp3) is 0.588. The van der Waals surface area contributed by atoms with Gasteiger partial charge < -0.3 is 10.6 Å². The Balaban J connectivity index is 2.07. The summed E-state index contributed by atoms with van der Waals surface area (Å²) in [5.41, 5.74) is 6.04. The first-order valence-corrected chi connectivity index (χ1v) is 9.91. The number of carbonyl (C=O) groups excluding carboxylic acids is 1. The average molecular weight is 353 g/mol. The van der Waals surface area contributed by atoms with Gasteiger partial charge in [0.25, 0.3) is 0 Å². The van der Waals surface area contributed by atoms with Crippen LogP contribution in [0.3, 0.4) is 0 Å². The molecule has 1 aromatic rings. The van der Waals surface area contributed by atoms with Crippen LogP contribution in [0.4, 0.5) is 0 Å². The zero-order chi connectivity index (χ0) is 17.7. The quantitative estimate of drug-likeness (QED) is 0.864. The van der Waals surface area contributed by atoms with Gasteiger partial charge in [-0.1, -0.05) is 38.5 Å². The molecule has 0 aliphatic carbocycles. The highest BCUT2D eigenvalue weighted by Gasteiger charge is 2.30. The number of hydrogen-bond donors (Lipinski definition) is 1. The van der Waals surface area contributed by atoms with Crippen molar-refractivity contribution in [1.82, 2.24) is 9.21 Å². The standard InChI is InChI=1S/C17H27N3O3S/c1-3-14(2)16(18)17(21)19-10-7-11-20(13-12-19)24(22,23)15-8-5-4-6-9-15/h4-6,8-9,14,16H,3,7,10-13,18H2,1-2H3. The monoisotopic (exact) mass is 353 g/mol. The summed E-state index contributed by atoms with van der Waals surface area (Å²) in [6, 6.07) is 7.90. The molecule has 2 unspecified atom stereocenters. The second-order valence-electron chi connectivity index (χ2n) is 6.31. The molecule has 0 spiro atoms. The van der Waals surface area contributed by atoms with Crippen molar-refractivity contribution in [3.8, 4) is 0 Å². The van der Waals surface area contributed by atoms with Crippen molar-refractivity contribution in [2.75, 3.05) is 26.2 Å². The highest BCUT2D eigenvalue weighted by atomic mass is 32.2. The van der Waals surface area contributed by atoms with Crippen LogP contribution < -0.4 is 5.73 Å². The van der Waals surface area contributed by atoms with Crippen molar-refractivity contribution in [3.63, 3.8) is 0 Å². The molecule has 1 saturated heterocycles. The Hall–Kier alpha value is -1.44. The first-order chi connectivity index (χ1) is 11.4. The Labute approximate surface area is 144 Å². The fourth-order valence-electron chi connectivity index (χ4n) is 2.80. The van der Waals surface area contributed by atoms with Crippen LogP contribution in [0.1, 0.15) is 26.7 Å². The van der Waals surface area contributed by atoms with Crippen molar-refractivity contribution >= 4 is 15.9 Å². The molecule has 0 radical (unpaired) electrons. The summed E-state index contributed by atoms with van der Waals surface area (Å²) in [4.78, 5) is 14.5. The summed E-state index contributed by atoms with van der Waals surface area (Å²) < 4.78 is 26.9. The van der Waals surface area contributed by atoms with E-state index in [1.54, 1.807) is 35.2 Å². The van der Waals surface area contributed by atoms with Gasteiger partial charge in [-0.2, -0.15) is 4.31 Å². The van der Waals surface area contributed by atoms with Crippen molar-refractivity contribution in [2.24, 2.45) is 11.7 Å². The summed E-state index contributed by atoms with van der Waals surface area (Å²) in [5.74, 6) is 0.0354. The van der Waals surface area contributed by atoms with Crippen molar-refractivity contribution in [3.05, 3.63) is 30.3 Å². The van der Waals surface area contributed by atoms with E-state index in [4.69, 9.17) is 5.73 Å². The first kappa shape index (κ1) is 18.9. The van der Waals surface area contributed by atoms with Gasteiger partial charge >= 0.3 is 0 Å². The lowest BCUT2D eigenvalue weighted by Gasteiger charge is -2.27. The van der Waals surface area contributed by atoms with Gasteiger partial charge in [-0.15, -0.1) is 0 Å². The third-order valence-electron chi connectivity index (χ3n) is 4.69. The largest absolute Gasteiger partial charge is 0.340 e. The van der Waals surface area contributed by atoms with Crippen LogP contribution in [0, 0.1) is 5.92 Å². The predicted molar refractivity (Wildman–Crippen MR) is 93.8 cm³/mol. The number of benzene rings is 1. The zero-order valence-electron chi connectivity index (χ0n) is 14.4. The SMILES string of the molecule is CCC(C)C(N)C(=O)N1CCCN(S(=O)(=O)c2ccccc2)CC1. The average Bonchev–Trinajstić information content (AvgIpc) is 2.87. The van der Waals surface area contributed by atoms with E-state index in [-0.39, 0.29) is 11.8 Å². The summed E-state index contributed by atoms with van der Waals surface area (Å²) in [6.45, 7) is 5.62. The van der Waals surface area contributed by atoms with Crippen LogP contribution in [0.2, 0.25) is 0 Å². The third-order valence-corrected chi connectivity index (χ3v) is 6.60. The molecule has 1 aliphatic rings. The number of amides is 1. The molecule has 1 fully saturated rings. The van der Waals surface area contributed by atoms with E-state index in [9.17, 15) is 13.2 Å². The van der Waals surface area contributed by atoms with Gasteiger partial charge in [0, 0.05) is 26.2 Å². The molecule has 1 heterocycles. The van der Waals surface area contributed by atoms with Gasteiger partial charge in [-0.25, -0.2) is 8.42 Å². The minimum Gasteiger partial charge on any atom is -0.340 e. The van der Waals surface area contributed by atoms with Crippen LogP contribution in [0.15, 0.2) is 35.2 Å². The van der Waals surface area contributed by atoms with E-state index in [0.717, 1.165) is 6.42 Å². The van der Waals surface area contributed by atoms with Crippen LogP contribution in [0.5, 0.6) is 0 Å². The first-order valence-electron chi connectivity index (χ1n) is 8.47. The highest BCUT2D eigenvalue weighted by molar-refractivity contribution is 7.89. The molecule has 2 rings (SSSR count). The van der Waals surface area contributed by atoms with Crippen molar-refractivity contribution in [2.45, 2.75) is 37.6 Å². The molecule has 7 heteroatoms. The summed E-state index contributed by atoms with van der Waals surface area (Å²) in [5, 5.41) is 0. The molecule has 2 atom stereocenters. The topological polar surface area (TPSA) is 83.7 Å². The number of rotatable bonds is 5. The molecule has 1 aromatic carbocycles. The number of carbonyl (C=O) groups is 1. The molecule has 0 bridgehead atoms. The van der Waals surface area contributed by atoms with E-state index in [0.29, 0.717) is 37.5 Å². The maximum Gasteiger partial charge on any atom is 0.243 e. The smallest absolute Gasteiger partial charge is 0.243 e. The minimum atomic E-state index is -3.51. The minimum absolute atomic E-state index is 0.0803. The third kappa shape index (κ3) is 4.15.